The molecule has 2 aromatic rings. The van der Waals surface area contributed by atoms with Crippen LogP contribution in [0.2, 0.25) is 0 Å². The van der Waals surface area contributed by atoms with E-state index in [0.717, 1.165) is 12.1 Å². The van der Waals surface area contributed by atoms with E-state index in [4.69, 9.17) is 10.5 Å². The van der Waals surface area contributed by atoms with Crippen LogP contribution in [0.15, 0.2) is 36.4 Å². The summed E-state index contributed by atoms with van der Waals surface area (Å²) >= 11 is 0. The van der Waals surface area contributed by atoms with Gasteiger partial charge in [0.15, 0.2) is 0 Å². The minimum atomic E-state index is -0.686. The predicted octanol–water partition coefficient (Wildman–Crippen LogP) is 3.70. The number of rotatable bonds is 4. The van der Waals surface area contributed by atoms with Crippen molar-refractivity contribution in [3.63, 3.8) is 0 Å². The molecule has 0 fully saturated rings. The van der Waals surface area contributed by atoms with Gasteiger partial charge in [0.05, 0.1) is 0 Å². The van der Waals surface area contributed by atoms with Gasteiger partial charge in [-0.3, -0.25) is 0 Å². The van der Waals surface area contributed by atoms with Crippen molar-refractivity contribution in [1.29, 1.82) is 0 Å². The zero-order valence-corrected chi connectivity index (χ0v) is 10.9. The Morgan fingerprint density at radius 3 is 2.35 bits per heavy atom. The average molecular weight is 281 g/mol. The van der Waals surface area contributed by atoms with Crippen LogP contribution in [-0.4, -0.2) is 0 Å². The zero-order chi connectivity index (χ0) is 14.7. The van der Waals surface area contributed by atoms with Gasteiger partial charge in [-0.1, -0.05) is 0 Å². The lowest BCUT2D eigenvalue weighted by atomic mass is 10.1. The van der Waals surface area contributed by atoms with Crippen molar-refractivity contribution in [3.8, 4) is 5.75 Å². The molecule has 2 nitrogen and oxygen atoms in total. The second-order valence-electron chi connectivity index (χ2n) is 4.50. The van der Waals surface area contributed by atoms with Crippen LogP contribution in [0, 0.1) is 17.5 Å². The Hall–Kier alpha value is -2.01. The lowest BCUT2D eigenvalue weighted by Crippen LogP contribution is -2.09. The standard InChI is InChI=1S/C15H14F3NO/c1-9(19)13-6-11(16)4-5-15(13)20-8-10-2-3-12(17)7-14(10)18/h2-7,9H,8,19H2,1H3/t9-/m0/s1. The Morgan fingerprint density at radius 1 is 1.05 bits per heavy atom. The van der Waals surface area contributed by atoms with E-state index in [1.54, 1.807) is 6.92 Å². The molecule has 0 bridgehead atoms. The summed E-state index contributed by atoms with van der Waals surface area (Å²) in [4.78, 5) is 0. The molecule has 1 atom stereocenters. The van der Waals surface area contributed by atoms with E-state index in [1.165, 1.54) is 24.3 Å². The summed E-state index contributed by atoms with van der Waals surface area (Å²) in [5.41, 5.74) is 6.44. The average Bonchev–Trinajstić information content (AvgIpc) is 2.38. The van der Waals surface area contributed by atoms with Gasteiger partial charge in [-0.2, -0.15) is 0 Å². The first-order valence-corrected chi connectivity index (χ1v) is 6.09. The van der Waals surface area contributed by atoms with Gasteiger partial charge in [0.2, 0.25) is 0 Å². The highest BCUT2D eigenvalue weighted by Crippen LogP contribution is 2.26. The van der Waals surface area contributed by atoms with Gasteiger partial charge in [0, 0.05) is 23.2 Å². The quantitative estimate of drug-likeness (QED) is 0.927. The van der Waals surface area contributed by atoms with Crippen LogP contribution in [0.1, 0.15) is 24.1 Å². The van der Waals surface area contributed by atoms with E-state index in [1.807, 2.05) is 0 Å². The molecular weight excluding hydrogens is 267 g/mol. The Kier molecular flexibility index (Phi) is 4.29. The number of halogens is 3. The number of benzene rings is 2. The number of hydrogen-bond donors (Lipinski definition) is 1. The van der Waals surface area contributed by atoms with Gasteiger partial charge in [-0.15, -0.1) is 0 Å². The number of nitrogens with two attached hydrogens (primary N) is 1. The molecule has 20 heavy (non-hydrogen) atoms. The maximum absolute atomic E-state index is 13.5. The summed E-state index contributed by atoms with van der Waals surface area (Å²) in [7, 11) is 0. The Labute approximate surface area is 115 Å². The maximum atomic E-state index is 13.5. The Balaban J connectivity index is 2.18. The molecule has 5 heteroatoms. The topological polar surface area (TPSA) is 35.2 Å². The third-order valence-electron chi connectivity index (χ3n) is 2.86. The van der Waals surface area contributed by atoms with Crippen molar-refractivity contribution in [3.05, 3.63) is 65.0 Å². The first kappa shape index (κ1) is 14.4. The SMILES string of the molecule is C[C@H](N)c1cc(F)ccc1OCc1ccc(F)cc1F. The fraction of sp³-hybridized carbons (Fsp3) is 0.200. The summed E-state index contributed by atoms with van der Waals surface area (Å²) in [6.45, 7) is 1.61. The van der Waals surface area contributed by atoms with Crippen molar-refractivity contribution in [2.24, 2.45) is 5.73 Å². The smallest absolute Gasteiger partial charge is 0.132 e. The fourth-order valence-corrected chi connectivity index (χ4v) is 1.80. The highest BCUT2D eigenvalue weighted by Gasteiger charge is 2.11. The van der Waals surface area contributed by atoms with Crippen molar-refractivity contribution in [2.75, 3.05) is 0 Å². The van der Waals surface area contributed by atoms with E-state index in [0.29, 0.717) is 11.3 Å². The highest BCUT2D eigenvalue weighted by molar-refractivity contribution is 5.36. The molecule has 0 radical (unpaired) electrons. The van der Waals surface area contributed by atoms with Crippen LogP contribution in [0.3, 0.4) is 0 Å². The molecule has 0 heterocycles. The fourth-order valence-electron chi connectivity index (χ4n) is 1.80. The van der Waals surface area contributed by atoms with Crippen LogP contribution in [-0.2, 0) is 6.61 Å². The summed E-state index contributed by atoms with van der Waals surface area (Å²) in [6, 6.07) is 6.78. The van der Waals surface area contributed by atoms with Gasteiger partial charge in [0.25, 0.3) is 0 Å². The number of hydrogen-bond acceptors (Lipinski definition) is 2. The molecule has 106 valence electrons. The van der Waals surface area contributed by atoms with Crippen LogP contribution in [0.25, 0.3) is 0 Å². The van der Waals surface area contributed by atoms with Crippen molar-refractivity contribution in [1.82, 2.24) is 0 Å². The zero-order valence-electron chi connectivity index (χ0n) is 10.9. The predicted molar refractivity (Wildman–Crippen MR) is 69.7 cm³/mol. The van der Waals surface area contributed by atoms with Crippen LogP contribution in [0.4, 0.5) is 13.2 Å². The molecular formula is C15H14F3NO. The molecule has 2 rings (SSSR count). The molecule has 0 unspecified atom stereocenters. The lowest BCUT2D eigenvalue weighted by Gasteiger charge is -2.14. The van der Waals surface area contributed by atoms with Crippen molar-refractivity contribution >= 4 is 0 Å². The maximum Gasteiger partial charge on any atom is 0.132 e. The van der Waals surface area contributed by atoms with Crippen LogP contribution < -0.4 is 10.5 Å². The molecule has 2 N–H and O–H groups in total. The third-order valence-corrected chi connectivity index (χ3v) is 2.86. The lowest BCUT2D eigenvalue weighted by molar-refractivity contribution is 0.294. The summed E-state index contributed by atoms with van der Waals surface area (Å²) in [6.07, 6.45) is 0. The van der Waals surface area contributed by atoms with E-state index >= 15 is 0 Å². The van der Waals surface area contributed by atoms with E-state index in [9.17, 15) is 13.2 Å². The van der Waals surface area contributed by atoms with Crippen LogP contribution >= 0.6 is 0 Å². The first-order chi connectivity index (χ1) is 9.47. The molecule has 0 aromatic heterocycles. The molecule has 0 spiro atoms. The normalized spacial score (nSPS) is 12.2. The molecule has 0 aliphatic rings. The highest BCUT2D eigenvalue weighted by atomic mass is 19.1. The Bertz CT molecular complexity index is 614. The molecule has 0 aliphatic carbocycles. The van der Waals surface area contributed by atoms with E-state index < -0.39 is 23.5 Å². The Morgan fingerprint density at radius 2 is 1.70 bits per heavy atom. The summed E-state index contributed by atoms with van der Waals surface area (Å²) in [5, 5.41) is 0. The summed E-state index contributed by atoms with van der Waals surface area (Å²) < 4.78 is 44.9. The largest absolute Gasteiger partial charge is 0.488 e. The van der Waals surface area contributed by atoms with Crippen LogP contribution in [0.5, 0.6) is 5.75 Å². The minimum absolute atomic E-state index is 0.0858. The molecule has 0 amide bonds. The van der Waals surface area contributed by atoms with Gasteiger partial charge in [-0.05, 0) is 37.3 Å². The monoisotopic (exact) mass is 281 g/mol. The number of ether oxygens (including phenoxy) is 1. The molecule has 2 aromatic carbocycles. The van der Waals surface area contributed by atoms with Crippen molar-refractivity contribution < 1.29 is 17.9 Å². The minimum Gasteiger partial charge on any atom is -0.488 e. The van der Waals surface area contributed by atoms with E-state index in [2.05, 4.69) is 0 Å². The molecule has 0 aliphatic heterocycles. The second-order valence-corrected chi connectivity index (χ2v) is 4.50. The second kappa shape index (κ2) is 5.96. The van der Waals surface area contributed by atoms with Gasteiger partial charge < -0.3 is 10.5 Å². The van der Waals surface area contributed by atoms with Crippen molar-refractivity contribution in [2.45, 2.75) is 19.6 Å². The first-order valence-electron chi connectivity index (χ1n) is 6.09. The van der Waals surface area contributed by atoms with Gasteiger partial charge in [-0.25, -0.2) is 13.2 Å². The summed E-state index contributed by atoms with van der Waals surface area (Å²) in [5.74, 6) is -1.37. The van der Waals surface area contributed by atoms with Gasteiger partial charge >= 0.3 is 0 Å². The molecule has 0 saturated heterocycles. The molecule has 0 saturated carbocycles. The van der Waals surface area contributed by atoms with E-state index in [-0.39, 0.29) is 12.2 Å². The third kappa shape index (κ3) is 3.30. The van der Waals surface area contributed by atoms with Gasteiger partial charge in [0.1, 0.15) is 29.8 Å².